The van der Waals surface area contributed by atoms with Gasteiger partial charge in [0.2, 0.25) is 0 Å². The van der Waals surface area contributed by atoms with Crippen LogP contribution in [-0.2, 0) is 4.74 Å². The van der Waals surface area contributed by atoms with E-state index in [1.165, 1.54) is 6.92 Å². The number of carbonyl (C=O) groups excluding carboxylic acids is 2. The Morgan fingerprint density at radius 1 is 1.39 bits per heavy atom. The zero-order valence-corrected chi connectivity index (χ0v) is 13.3. The average molecular weight is 326 g/mol. The number of rotatable bonds is 7. The molecule has 9 nitrogen and oxygen atoms in total. The number of ether oxygens (including phenoxy) is 1. The molecule has 128 valence electrons. The smallest absolute Gasteiger partial charge is 0.410 e. The van der Waals surface area contributed by atoms with E-state index in [0.717, 1.165) is 22.1 Å². The minimum atomic E-state index is -0.849. The van der Waals surface area contributed by atoms with E-state index in [9.17, 15) is 19.2 Å². The first kappa shape index (κ1) is 18.6. The first-order valence-electron chi connectivity index (χ1n) is 7.38. The lowest BCUT2D eigenvalue weighted by atomic mass is 10.3. The molecule has 0 unspecified atom stereocenters. The van der Waals surface area contributed by atoms with Gasteiger partial charge in [0.25, 0.3) is 11.5 Å². The second kappa shape index (κ2) is 8.89. The molecule has 1 aromatic rings. The Morgan fingerprint density at radius 3 is 2.70 bits per heavy atom. The average Bonchev–Trinajstić information content (AvgIpc) is 2.50. The van der Waals surface area contributed by atoms with Crippen LogP contribution >= 0.6 is 0 Å². The van der Waals surface area contributed by atoms with E-state index in [0.29, 0.717) is 6.42 Å². The largest absolute Gasteiger partial charge is 0.449 e. The SMILES string of the molecule is CCCCOC(=O)N(CCN)CC(=O)n1cc(C)c(=O)[nH]c1=O. The molecule has 0 bridgehead atoms. The lowest BCUT2D eigenvalue weighted by Gasteiger charge is -2.20. The molecule has 0 radical (unpaired) electrons. The molecule has 0 aliphatic carbocycles. The lowest BCUT2D eigenvalue weighted by Crippen LogP contribution is -2.44. The number of aryl methyl sites for hydroxylation is 1. The van der Waals surface area contributed by atoms with Crippen molar-refractivity contribution in [3.05, 3.63) is 32.6 Å². The Morgan fingerprint density at radius 2 is 2.09 bits per heavy atom. The Kier molecular flexibility index (Phi) is 7.20. The van der Waals surface area contributed by atoms with Crippen molar-refractivity contribution in [2.75, 3.05) is 26.2 Å². The van der Waals surface area contributed by atoms with Gasteiger partial charge in [-0.3, -0.25) is 19.5 Å². The number of hydrogen-bond donors (Lipinski definition) is 2. The highest BCUT2D eigenvalue weighted by Gasteiger charge is 2.20. The maximum atomic E-state index is 12.2. The van der Waals surface area contributed by atoms with E-state index in [2.05, 4.69) is 0 Å². The van der Waals surface area contributed by atoms with Gasteiger partial charge in [0, 0.05) is 24.8 Å². The van der Waals surface area contributed by atoms with Crippen LogP contribution in [0.15, 0.2) is 15.8 Å². The van der Waals surface area contributed by atoms with Crippen molar-refractivity contribution in [2.24, 2.45) is 5.73 Å². The summed E-state index contributed by atoms with van der Waals surface area (Å²) in [5, 5.41) is 0. The predicted molar refractivity (Wildman–Crippen MR) is 83.6 cm³/mol. The maximum absolute atomic E-state index is 12.2. The molecular weight excluding hydrogens is 304 g/mol. The van der Waals surface area contributed by atoms with Gasteiger partial charge in [-0.2, -0.15) is 0 Å². The normalized spacial score (nSPS) is 10.4. The van der Waals surface area contributed by atoms with E-state index in [4.69, 9.17) is 10.5 Å². The molecule has 1 aromatic heterocycles. The van der Waals surface area contributed by atoms with Gasteiger partial charge in [0.15, 0.2) is 0 Å². The van der Waals surface area contributed by atoms with Crippen molar-refractivity contribution in [1.82, 2.24) is 14.5 Å². The third-order valence-electron chi connectivity index (χ3n) is 3.10. The number of hydrogen-bond acceptors (Lipinski definition) is 6. The van der Waals surface area contributed by atoms with E-state index in [1.807, 2.05) is 11.9 Å². The van der Waals surface area contributed by atoms with Crippen LogP contribution in [0.5, 0.6) is 0 Å². The number of H-pyrrole nitrogens is 1. The van der Waals surface area contributed by atoms with Crippen molar-refractivity contribution < 1.29 is 14.3 Å². The van der Waals surface area contributed by atoms with Crippen molar-refractivity contribution in [3.8, 4) is 0 Å². The number of unbranched alkanes of at least 4 members (excludes halogenated alkanes) is 1. The highest BCUT2D eigenvalue weighted by Crippen LogP contribution is 1.98. The first-order chi connectivity index (χ1) is 10.9. The van der Waals surface area contributed by atoms with Crippen molar-refractivity contribution in [3.63, 3.8) is 0 Å². The van der Waals surface area contributed by atoms with Crippen LogP contribution in [0.25, 0.3) is 0 Å². The fourth-order valence-electron chi connectivity index (χ4n) is 1.78. The third-order valence-corrected chi connectivity index (χ3v) is 3.10. The standard InChI is InChI=1S/C14H22N4O5/c1-3-4-7-23-14(22)17(6-5-15)9-11(19)18-8-10(2)12(20)16-13(18)21/h8H,3-7,9,15H2,1-2H3,(H,16,20,21). The minimum absolute atomic E-state index is 0.119. The van der Waals surface area contributed by atoms with Crippen molar-refractivity contribution in [1.29, 1.82) is 0 Å². The van der Waals surface area contributed by atoms with Gasteiger partial charge in [-0.05, 0) is 13.3 Å². The summed E-state index contributed by atoms with van der Waals surface area (Å²) >= 11 is 0. The molecule has 0 aliphatic heterocycles. The fraction of sp³-hybridized carbons (Fsp3) is 0.571. The number of aromatic nitrogens is 2. The van der Waals surface area contributed by atoms with Crippen LogP contribution in [-0.4, -0.2) is 52.7 Å². The summed E-state index contributed by atoms with van der Waals surface area (Å²) < 4.78 is 5.80. The van der Waals surface area contributed by atoms with Crippen LogP contribution in [0.1, 0.15) is 30.1 Å². The molecule has 0 aliphatic rings. The Bertz CT molecular complexity index is 664. The zero-order valence-electron chi connectivity index (χ0n) is 13.3. The predicted octanol–water partition coefficient (Wildman–Crippen LogP) is -0.317. The number of amides is 1. The van der Waals surface area contributed by atoms with E-state index < -0.39 is 23.2 Å². The summed E-state index contributed by atoms with van der Waals surface area (Å²) in [4.78, 5) is 50.3. The molecule has 0 saturated heterocycles. The van der Waals surface area contributed by atoms with Crippen LogP contribution in [0.4, 0.5) is 4.79 Å². The first-order valence-corrected chi connectivity index (χ1v) is 7.38. The van der Waals surface area contributed by atoms with Crippen molar-refractivity contribution in [2.45, 2.75) is 26.7 Å². The molecule has 0 fully saturated rings. The lowest BCUT2D eigenvalue weighted by molar-refractivity contribution is 0.0760. The summed E-state index contributed by atoms with van der Waals surface area (Å²) in [5.41, 5.74) is 4.24. The topological polar surface area (TPSA) is 127 Å². The number of nitrogens with one attached hydrogen (secondary N) is 1. The molecular formula is C14H22N4O5. The molecule has 3 N–H and O–H groups in total. The Balaban J connectivity index is 2.85. The molecule has 0 spiro atoms. The molecule has 1 amide bonds. The Labute approximate surface area is 133 Å². The molecule has 0 atom stereocenters. The van der Waals surface area contributed by atoms with Gasteiger partial charge in [-0.25, -0.2) is 14.2 Å². The number of aromatic amines is 1. The van der Waals surface area contributed by atoms with E-state index in [-0.39, 0.29) is 31.8 Å². The zero-order chi connectivity index (χ0) is 17.4. The van der Waals surface area contributed by atoms with E-state index >= 15 is 0 Å². The molecule has 1 heterocycles. The van der Waals surface area contributed by atoms with Gasteiger partial charge < -0.3 is 10.5 Å². The quantitative estimate of drug-likeness (QED) is 0.661. The summed E-state index contributed by atoms with van der Waals surface area (Å²) in [7, 11) is 0. The number of carbonyl (C=O) groups is 2. The summed E-state index contributed by atoms with van der Waals surface area (Å²) in [6, 6.07) is 0. The summed E-state index contributed by atoms with van der Waals surface area (Å²) in [5.74, 6) is -0.657. The molecule has 0 aromatic carbocycles. The monoisotopic (exact) mass is 326 g/mol. The van der Waals surface area contributed by atoms with Gasteiger partial charge >= 0.3 is 11.8 Å². The van der Waals surface area contributed by atoms with Crippen molar-refractivity contribution >= 4 is 12.0 Å². The highest BCUT2D eigenvalue weighted by atomic mass is 16.6. The van der Waals surface area contributed by atoms with Gasteiger partial charge in [-0.15, -0.1) is 0 Å². The summed E-state index contributed by atoms with van der Waals surface area (Å²) in [6.07, 6.45) is 2.07. The second-order valence-electron chi connectivity index (χ2n) is 5.01. The third kappa shape index (κ3) is 5.37. The second-order valence-corrected chi connectivity index (χ2v) is 5.01. The van der Waals surface area contributed by atoms with Crippen LogP contribution in [0.2, 0.25) is 0 Å². The number of nitrogens with zero attached hydrogens (tertiary/aromatic N) is 2. The molecule has 23 heavy (non-hydrogen) atoms. The minimum Gasteiger partial charge on any atom is -0.449 e. The van der Waals surface area contributed by atoms with Crippen LogP contribution < -0.4 is 17.0 Å². The molecule has 9 heteroatoms. The molecule has 1 rings (SSSR count). The van der Waals surface area contributed by atoms with Gasteiger partial charge in [-0.1, -0.05) is 13.3 Å². The highest BCUT2D eigenvalue weighted by molar-refractivity contribution is 5.84. The molecule has 0 saturated carbocycles. The van der Waals surface area contributed by atoms with Crippen LogP contribution in [0, 0.1) is 6.92 Å². The van der Waals surface area contributed by atoms with Crippen LogP contribution in [0.3, 0.4) is 0 Å². The summed E-state index contributed by atoms with van der Waals surface area (Å²) in [6.45, 7) is 3.58. The van der Waals surface area contributed by atoms with Gasteiger partial charge in [0.05, 0.1) is 6.61 Å². The maximum Gasteiger partial charge on any atom is 0.410 e. The Hall–Kier alpha value is -2.42. The fourth-order valence-corrected chi connectivity index (χ4v) is 1.78. The van der Waals surface area contributed by atoms with Gasteiger partial charge in [0.1, 0.15) is 6.54 Å². The number of nitrogens with two attached hydrogens (primary N) is 1. The van der Waals surface area contributed by atoms with E-state index in [1.54, 1.807) is 0 Å².